The van der Waals surface area contributed by atoms with E-state index in [4.69, 9.17) is 15.0 Å². The Kier molecular flexibility index (Phi) is 4.80. The van der Waals surface area contributed by atoms with Crippen molar-refractivity contribution in [3.8, 4) is 6.07 Å². The number of anilines is 1. The Hall–Kier alpha value is -2.81. The van der Waals surface area contributed by atoms with E-state index in [9.17, 15) is 4.79 Å². The second kappa shape index (κ2) is 7.18. The van der Waals surface area contributed by atoms with Crippen molar-refractivity contribution in [3.63, 3.8) is 0 Å². The van der Waals surface area contributed by atoms with Crippen LogP contribution in [0.15, 0.2) is 30.0 Å². The maximum atomic E-state index is 11.6. The molecule has 6 nitrogen and oxygen atoms in total. The number of aromatic nitrogens is 2. The van der Waals surface area contributed by atoms with Crippen molar-refractivity contribution in [1.82, 2.24) is 9.55 Å². The fourth-order valence-corrected chi connectivity index (χ4v) is 2.94. The largest absolute Gasteiger partial charge is 0.462 e. The van der Waals surface area contributed by atoms with Crippen LogP contribution in [-0.4, -0.2) is 22.1 Å². The zero-order valence-corrected chi connectivity index (χ0v) is 13.7. The molecule has 24 heavy (non-hydrogen) atoms. The highest BCUT2D eigenvalue weighted by Crippen LogP contribution is 2.24. The Morgan fingerprint density at radius 3 is 3.12 bits per heavy atom. The summed E-state index contributed by atoms with van der Waals surface area (Å²) < 4.78 is 7.13. The first-order valence-corrected chi connectivity index (χ1v) is 8.26. The summed E-state index contributed by atoms with van der Waals surface area (Å²) in [6.07, 6.45) is 6.01. The van der Waals surface area contributed by atoms with Gasteiger partial charge in [-0.25, -0.2) is 9.78 Å². The van der Waals surface area contributed by atoms with E-state index in [-0.39, 0.29) is 12.2 Å². The Morgan fingerprint density at radius 2 is 2.33 bits per heavy atom. The summed E-state index contributed by atoms with van der Waals surface area (Å²) in [4.78, 5) is 16.3. The Morgan fingerprint density at radius 1 is 1.46 bits per heavy atom. The van der Waals surface area contributed by atoms with Crippen LogP contribution in [0.2, 0.25) is 0 Å². The first-order valence-electron chi connectivity index (χ1n) is 8.26. The molecule has 1 aromatic heterocycles. The number of carbonyl (C=O) groups excluding carboxylic acids is 1. The normalized spacial score (nSPS) is 14.6. The molecular formula is C18H20N4O2. The number of benzene rings is 1. The highest BCUT2D eigenvalue weighted by atomic mass is 16.5. The number of nitrogens with one attached hydrogen (secondary N) is 1. The van der Waals surface area contributed by atoms with E-state index in [1.54, 1.807) is 6.92 Å². The second-order valence-electron chi connectivity index (χ2n) is 5.73. The molecule has 1 aromatic carbocycles. The third-order valence-corrected chi connectivity index (χ3v) is 4.11. The summed E-state index contributed by atoms with van der Waals surface area (Å²) in [6, 6.07) is 7.74. The maximum Gasteiger partial charge on any atom is 0.350 e. The summed E-state index contributed by atoms with van der Waals surface area (Å²) in [5.74, 6) is 0.515. The van der Waals surface area contributed by atoms with Crippen LogP contribution >= 0.6 is 0 Å². The van der Waals surface area contributed by atoms with Crippen LogP contribution in [-0.2, 0) is 22.5 Å². The number of nitriles is 1. The van der Waals surface area contributed by atoms with E-state index in [1.165, 1.54) is 25.5 Å². The molecule has 0 bridgehead atoms. The molecule has 6 heteroatoms. The highest BCUT2D eigenvalue weighted by molar-refractivity contribution is 5.93. The molecule has 0 saturated heterocycles. The number of nitrogens with zero attached hydrogens (tertiary/aromatic N) is 3. The van der Waals surface area contributed by atoms with Crippen molar-refractivity contribution >= 4 is 22.7 Å². The number of imidazole rings is 1. The predicted molar refractivity (Wildman–Crippen MR) is 91.2 cm³/mol. The molecule has 2 aromatic rings. The third-order valence-electron chi connectivity index (χ3n) is 4.11. The van der Waals surface area contributed by atoms with Gasteiger partial charge < -0.3 is 14.6 Å². The Labute approximate surface area is 140 Å². The molecule has 1 N–H and O–H groups in total. The molecule has 0 spiro atoms. The molecule has 0 unspecified atom stereocenters. The van der Waals surface area contributed by atoms with Gasteiger partial charge >= 0.3 is 5.97 Å². The Balaban J connectivity index is 1.84. The van der Waals surface area contributed by atoms with Gasteiger partial charge in [0.25, 0.3) is 0 Å². The minimum Gasteiger partial charge on any atom is -0.462 e. The topological polar surface area (TPSA) is 79.9 Å². The predicted octanol–water partition coefficient (Wildman–Crippen LogP) is 3.15. The lowest BCUT2D eigenvalue weighted by Gasteiger charge is -2.05. The highest BCUT2D eigenvalue weighted by Gasteiger charge is 2.14. The summed E-state index contributed by atoms with van der Waals surface area (Å²) in [7, 11) is 0. The van der Waals surface area contributed by atoms with Gasteiger partial charge in [0.15, 0.2) is 5.57 Å². The van der Waals surface area contributed by atoms with Gasteiger partial charge in [-0.2, -0.15) is 5.26 Å². The van der Waals surface area contributed by atoms with Gasteiger partial charge in [-0.3, -0.25) is 0 Å². The summed E-state index contributed by atoms with van der Waals surface area (Å²) in [5, 5.41) is 12.0. The van der Waals surface area contributed by atoms with Crippen molar-refractivity contribution < 1.29 is 9.53 Å². The molecule has 0 radical (unpaired) electrons. The number of aryl methyl sites for hydroxylation is 2. The number of carbonyl (C=O) groups is 1. The maximum absolute atomic E-state index is 11.6. The molecule has 3 rings (SSSR count). The molecular weight excluding hydrogens is 304 g/mol. The van der Waals surface area contributed by atoms with Gasteiger partial charge in [0, 0.05) is 24.9 Å². The van der Waals surface area contributed by atoms with Crippen LogP contribution < -0.4 is 5.32 Å². The van der Waals surface area contributed by atoms with Crippen LogP contribution in [0.5, 0.6) is 0 Å². The van der Waals surface area contributed by atoms with Gasteiger partial charge in [0.05, 0.1) is 17.6 Å². The summed E-state index contributed by atoms with van der Waals surface area (Å²) >= 11 is 0. The lowest BCUT2D eigenvalue weighted by Crippen LogP contribution is -2.07. The number of ether oxygens (including phenoxy) is 1. The van der Waals surface area contributed by atoms with E-state index in [0.717, 1.165) is 35.5 Å². The van der Waals surface area contributed by atoms with Gasteiger partial charge in [0.2, 0.25) is 0 Å². The molecule has 0 atom stereocenters. The minimum atomic E-state index is -0.623. The second-order valence-corrected chi connectivity index (χ2v) is 5.73. The summed E-state index contributed by atoms with van der Waals surface area (Å²) in [5.41, 5.74) is 2.79. The van der Waals surface area contributed by atoms with Crippen LogP contribution in [0.4, 0.5) is 5.69 Å². The molecule has 2 heterocycles. The van der Waals surface area contributed by atoms with E-state index in [0.29, 0.717) is 0 Å². The van der Waals surface area contributed by atoms with E-state index < -0.39 is 5.97 Å². The van der Waals surface area contributed by atoms with E-state index >= 15 is 0 Å². The smallest absolute Gasteiger partial charge is 0.350 e. The zero-order valence-electron chi connectivity index (χ0n) is 13.7. The quantitative estimate of drug-likeness (QED) is 0.531. The first-order chi connectivity index (χ1) is 11.7. The van der Waals surface area contributed by atoms with E-state index in [2.05, 4.69) is 9.88 Å². The van der Waals surface area contributed by atoms with Crippen molar-refractivity contribution in [1.29, 1.82) is 5.26 Å². The molecule has 0 saturated carbocycles. The summed E-state index contributed by atoms with van der Waals surface area (Å²) in [6.45, 7) is 2.96. The zero-order chi connectivity index (χ0) is 16.9. The van der Waals surface area contributed by atoms with Gasteiger partial charge in [-0.15, -0.1) is 0 Å². The van der Waals surface area contributed by atoms with Gasteiger partial charge in [0.1, 0.15) is 11.9 Å². The average molecular weight is 324 g/mol. The average Bonchev–Trinajstić information content (AvgIpc) is 2.76. The number of hydrogen-bond donors (Lipinski definition) is 1. The Bertz CT molecular complexity index is 829. The van der Waals surface area contributed by atoms with Crippen LogP contribution in [0.3, 0.4) is 0 Å². The van der Waals surface area contributed by atoms with Gasteiger partial charge in [-0.1, -0.05) is 6.42 Å². The molecule has 0 amide bonds. The number of fused-ring (bicyclic) bond motifs is 3. The molecule has 1 aliphatic rings. The SMILES string of the molecule is CCOC(=O)/C(C#N)=C/Nc1ccc2c(c1)nc1n2CCCCC1. The standard InChI is InChI=1S/C18H20N4O2/c1-2-24-18(23)13(11-19)12-20-14-7-8-16-15(10-14)21-17-6-4-3-5-9-22(16)17/h7-8,10,12,20H,2-6,9H2,1H3/b13-12+. The first kappa shape index (κ1) is 16.1. The van der Waals surface area contributed by atoms with Crippen molar-refractivity contribution in [2.24, 2.45) is 0 Å². The lowest BCUT2D eigenvalue weighted by atomic mass is 10.2. The molecule has 0 fully saturated rings. The minimum absolute atomic E-state index is 0.0578. The van der Waals surface area contributed by atoms with Crippen LogP contribution in [0.25, 0.3) is 11.0 Å². The lowest BCUT2D eigenvalue weighted by molar-refractivity contribution is -0.138. The van der Waals surface area contributed by atoms with Crippen molar-refractivity contribution in [3.05, 3.63) is 35.8 Å². The molecule has 124 valence electrons. The fourth-order valence-electron chi connectivity index (χ4n) is 2.94. The molecule has 1 aliphatic heterocycles. The van der Waals surface area contributed by atoms with Crippen LogP contribution in [0.1, 0.15) is 32.0 Å². The molecule has 0 aliphatic carbocycles. The van der Waals surface area contributed by atoms with Crippen LogP contribution in [0, 0.1) is 11.3 Å². The van der Waals surface area contributed by atoms with Gasteiger partial charge in [-0.05, 0) is 38.0 Å². The third kappa shape index (κ3) is 3.25. The number of hydrogen-bond acceptors (Lipinski definition) is 5. The van der Waals surface area contributed by atoms with Crippen molar-refractivity contribution in [2.45, 2.75) is 39.2 Å². The van der Waals surface area contributed by atoms with Crippen molar-refractivity contribution in [2.75, 3.05) is 11.9 Å². The monoisotopic (exact) mass is 324 g/mol. The fraction of sp³-hybridized carbons (Fsp3) is 0.389. The van der Waals surface area contributed by atoms with E-state index in [1.807, 2.05) is 24.3 Å². The number of rotatable bonds is 4. The number of esters is 1.